The summed E-state index contributed by atoms with van der Waals surface area (Å²) < 4.78 is 31.7. The SMILES string of the molecule is NC(=O)c1ccc2c(c1)/C(=C(/Nc1ccc(CN3CCCCC3)cc1)c1ccccc1)C(=O)N2.O=C(O)C(F)(F)F. The van der Waals surface area contributed by atoms with Gasteiger partial charge in [0.2, 0.25) is 5.91 Å². The van der Waals surface area contributed by atoms with Crippen LogP contribution in [0.1, 0.15) is 46.3 Å². The Morgan fingerprint density at radius 3 is 2.15 bits per heavy atom. The Hall–Kier alpha value is -4.64. The predicted octanol–water partition coefficient (Wildman–Crippen LogP) is 5.34. The van der Waals surface area contributed by atoms with Crippen molar-refractivity contribution in [1.29, 1.82) is 0 Å². The first kappa shape index (κ1) is 29.3. The minimum Gasteiger partial charge on any atom is -0.475 e. The molecule has 0 aromatic heterocycles. The second-order valence-corrected chi connectivity index (χ2v) is 9.66. The van der Waals surface area contributed by atoms with E-state index in [1.54, 1.807) is 18.2 Å². The van der Waals surface area contributed by atoms with Crippen LogP contribution in [0, 0.1) is 0 Å². The number of anilines is 2. The number of nitrogens with zero attached hydrogens (tertiary/aromatic N) is 1. The molecule has 2 aliphatic rings. The van der Waals surface area contributed by atoms with Crippen LogP contribution < -0.4 is 16.4 Å². The fraction of sp³-hybridized carbons (Fsp3) is 0.233. The first-order valence-corrected chi connectivity index (χ1v) is 13.0. The number of hydrogen-bond acceptors (Lipinski definition) is 5. The van der Waals surface area contributed by atoms with Gasteiger partial charge < -0.3 is 21.5 Å². The lowest BCUT2D eigenvalue weighted by atomic mass is 9.98. The number of nitrogens with one attached hydrogen (secondary N) is 2. The summed E-state index contributed by atoms with van der Waals surface area (Å²) in [5.41, 5.74) is 11.4. The summed E-state index contributed by atoms with van der Waals surface area (Å²) in [4.78, 5) is 36.2. The van der Waals surface area contributed by atoms with Crippen LogP contribution in [0.25, 0.3) is 11.3 Å². The van der Waals surface area contributed by atoms with E-state index < -0.39 is 18.1 Å². The van der Waals surface area contributed by atoms with Crippen molar-refractivity contribution in [3.8, 4) is 0 Å². The number of nitrogens with two attached hydrogens (primary N) is 1. The molecule has 2 amide bonds. The summed E-state index contributed by atoms with van der Waals surface area (Å²) >= 11 is 0. The van der Waals surface area contributed by atoms with E-state index in [1.807, 2.05) is 30.3 Å². The van der Waals surface area contributed by atoms with Gasteiger partial charge in [0.15, 0.2) is 0 Å². The quantitative estimate of drug-likeness (QED) is 0.299. The van der Waals surface area contributed by atoms with Gasteiger partial charge in [0, 0.05) is 29.0 Å². The lowest BCUT2D eigenvalue weighted by molar-refractivity contribution is -0.192. The summed E-state index contributed by atoms with van der Waals surface area (Å²) in [5, 5.41) is 13.5. The predicted molar refractivity (Wildman–Crippen MR) is 150 cm³/mol. The van der Waals surface area contributed by atoms with Crippen LogP contribution in [0.5, 0.6) is 0 Å². The van der Waals surface area contributed by atoms with Gasteiger partial charge in [-0.15, -0.1) is 0 Å². The Kier molecular flexibility index (Phi) is 9.08. The number of carboxylic acids is 1. The Labute approximate surface area is 234 Å². The normalized spacial score (nSPS) is 16.1. The molecule has 3 aromatic carbocycles. The molecule has 2 heterocycles. The largest absolute Gasteiger partial charge is 0.490 e. The van der Waals surface area contributed by atoms with Crippen molar-refractivity contribution < 1.29 is 32.7 Å². The molecule has 1 fully saturated rings. The fourth-order valence-electron chi connectivity index (χ4n) is 4.67. The number of hydrogen-bond donors (Lipinski definition) is 4. The monoisotopic (exact) mass is 566 g/mol. The summed E-state index contributed by atoms with van der Waals surface area (Å²) in [7, 11) is 0. The minimum atomic E-state index is -5.08. The van der Waals surface area contributed by atoms with Crippen molar-refractivity contribution in [2.45, 2.75) is 32.0 Å². The molecule has 8 nitrogen and oxygen atoms in total. The molecular weight excluding hydrogens is 537 g/mol. The molecule has 2 aliphatic heterocycles. The van der Waals surface area contributed by atoms with E-state index >= 15 is 0 Å². The molecule has 0 bridgehead atoms. The van der Waals surface area contributed by atoms with E-state index in [0.717, 1.165) is 30.9 Å². The molecular formula is C30H29F3N4O4. The number of benzene rings is 3. The summed E-state index contributed by atoms with van der Waals surface area (Å²) in [6.07, 6.45) is -1.21. The van der Waals surface area contributed by atoms with Gasteiger partial charge in [0.05, 0.1) is 11.3 Å². The van der Waals surface area contributed by atoms with Crippen LogP contribution in [0.15, 0.2) is 72.8 Å². The van der Waals surface area contributed by atoms with Crippen LogP contribution in [0.4, 0.5) is 24.5 Å². The third-order valence-electron chi connectivity index (χ3n) is 6.68. The van der Waals surface area contributed by atoms with Crippen LogP contribution in [-0.4, -0.2) is 47.1 Å². The van der Waals surface area contributed by atoms with Crippen molar-refractivity contribution in [2.75, 3.05) is 23.7 Å². The smallest absolute Gasteiger partial charge is 0.475 e. The number of carboxylic acid groups (broad SMARTS) is 1. The summed E-state index contributed by atoms with van der Waals surface area (Å²) in [6, 6.07) is 23.1. The number of carbonyl (C=O) groups is 3. The second-order valence-electron chi connectivity index (χ2n) is 9.66. The number of carbonyl (C=O) groups excluding carboxylic acids is 2. The van der Waals surface area contributed by atoms with Gasteiger partial charge in [-0.05, 0) is 67.4 Å². The Balaban J connectivity index is 0.000000493. The number of rotatable bonds is 6. The number of aliphatic carboxylic acids is 1. The molecule has 0 radical (unpaired) electrons. The number of halogens is 3. The Bertz CT molecular complexity index is 1450. The van der Waals surface area contributed by atoms with E-state index in [-0.39, 0.29) is 5.91 Å². The highest BCUT2D eigenvalue weighted by atomic mass is 19.4. The van der Waals surface area contributed by atoms with Crippen molar-refractivity contribution in [3.05, 3.63) is 95.1 Å². The Morgan fingerprint density at radius 1 is 0.927 bits per heavy atom. The van der Waals surface area contributed by atoms with Gasteiger partial charge in [0.1, 0.15) is 0 Å². The van der Waals surface area contributed by atoms with E-state index in [2.05, 4.69) is 39.8 Å². The van der Waals surface area contributed by atoms with E-state index in [0.29, 0.717) is 28.1 Å². The highest BCUT2D eigenvalue weighted by molar-refractivity contribution is 6.37. The molecule has 0 spiro atoms. The van der Waals surface area contributed by atoms with Crippen molar-refractivity contribution >= 4 is 40.4 Å². The first-order chi connectivity index (χ1) is 19.5. The Morgan fingerprint density at radius 2 is 1.56 bits per heavy atom. The molecule has 0 unspecified atom stereocenters. The number of amides is 2. The van der Waals surface area contributed by atoms with Crippen LogP contribution >= 0.6 is 0 Å². The molecule has 11 heteroatoms. The summed E-state index contributed by atoms with van der Waals surface area (Å²) in [6.45, 7) is 3.27. The maximum absolute atomic E-state index is 13.1. The van der Waals surface area contributed by atoms with E-state index in [1.165, 1.54) is 24.8 Å². The van der Waals surface area contributed by atoms with Gasteiger partial charge in [-0.3, -0.25) is 14.5 Å². The van der Waals surface area contributed by atoms with Crippen molar-refractivity contribution in [2.24, 2.45) is 5.73 Å². The van der Waals surface area contributed by atoms with Gasteiger partial charge in [-0.1, -0.05) is 48.9 Å². The molecule has 0 atom stereocenters. The molecule has 3 aromatic rings. The molecule has 5 N–H and O–H groups in total. The molecule has 1 saturated heterocycles. The van der Waals surface area contributed by atoms with E-state index in [4.69, 9.17) is 15.6 Å². The number of primary amides is 1. The van der Waals surface area contributed by atoms with Gasteiger partial charge in [-0.25, -0.2) is 4.79 Å². The van der Waals surface area contributed by atoms with Crippen LogP contribution in [0.3, 0.4) is 0 Å². The van der Waals surface area contributed by atoms with Crippen LogP contribution in [0.2, 0.25) is 0 Å². The third-order valence-corrected chi connectivity index (χ3v) is 6.68. The van der Waals surface area contributed by atoms with Crippen molar-refractivity contribution in [3.63, 3.8) is 0 Å². The number of likely N-dealkylation sites (tertiary alicyclic amines) is 1. The van der Waals surface area contributed by atoms with E-state index in [9.17, 15) is 22.8 Å². The maximum Gasteiger partial charge on any atom is 0.490 e. The number of fused-ring (bicyclic) bond motifs is 1. The van der Waals surface area contributed by atoms with Gasteiger partial charge >= 0.3 is 12.1 Å². The summed E-state index contributed by atoms with van der Waals surface area (Å²) in [5.74, 6) is -3.50. The van der Waals surface area contributed by atoms with Crippen LogP contribution in [-0.2, 0) is 16.1 Å². The maximum atomic E-state index is 13.1. The standard InChI is InChI=1S/C28H28N4O2.C2HF3O2/c29-27(33)21-11-14-24-23(17-21)25(28(34)31-24)26(20-7-3-1-4-8-20)30-22-12-9-19(10-13-22)18-32-15-5-2-6-16-32;3-2(4,5)1(6)7/h1,3-4,7-14,17,30H,2,5-6,15-16,18H2,(H2,29,33)(H,31,34);(H,6,7)/b26-25-;. The lowest BCUT2D eigenvalue weighted by Crippen LogP contribution is -2.29. The number of piperidine rings is 1. The average Bonchev–Trinajstić information content (AvgIpc) is 3.28. The third kappa shape index (κ3) is 7.52. The average molecular weight is 567 g/mol. The highest BCUT2D eigenvalue weighted by Gasteiger charge is 2.38. The molecule has 5 rings (SSSR count). The minimum absolute atomic E-state index is 0.218. The molecule has 0 saturated carbocycles. The topological polar surface area (TPSA) is 125 Å². The van der Waals surface area contributed by atoms with Crippen molar-refractivity contribution in [1.82, 2.24) is 4.90 Å². The highest BCUT2D eigenvalue weighted by Crippen LogP contribution is 2.38. The molecule has 41 heavy (non-hydrogen) atoms. The van der Waals surface area contributed by atoms with Gasteiger partial charge in [-0.2, -0.15) is 13.2 Å². The molecule has 0 aliphatic carbocycles. The first-order valence-electron chi connectivity index (χ1n) is 13.0. The zero-order chi connectivity index (χ0) is 29.6. The number of alkyl halides is 3. The molecule has 214 valence electrons. The second kappa shape index (κ2) is 12.7. The van der Waals surface area contributed by atoms with Gasteiger partial charge in [0.25, 0.3) is 5.91 Å². The zero-order valence-corrected chi connectivity index (χ0v) is 22.0. The zero-order valence-electron chi connectivity index (χ0n) is 22.0. The fourth-order valence-corrected chi connectivity index (χ4v) is 4.67. The lowest BCUT2D eigenvalue weighted by Gasteiger charge is -2.26.